The molecule has 5 heteroatoms. The molecule has 0 amide bonds. The molecule has 0 aliphatic carbocycles. The van der Waals surface area contributed by atoms with Crippen molar-refractivity contribution in [3.05, 3.63) is 41.7 Å². The number of anilines is 2. The van der Waals surface area contributed by atoms with Gasteiger partial charge in [0.1, 0.15) is 0 Å². The van der Waals surface area contributed by atoms with E-state index < -0.39 is 0 Å². The van der Waals surface area contributed by atoms with Crippen molar-refractivity contribution in [2.45, 2.75) is 13.0 Å². The first-order valence-electron chi connectivity index (χ1n) is 6.91. The zero-order chi connectivity index (χ0) is 14.8. The molecule has 1 aromatic heterocycles. The van der Waals surface area contributed by atoms with Gasteiger partial charge in [0.2, 0.25) is 0 Å². The van der Waals surface area contributed by atoms with E-state index in [1.165, 1.54) is 11.1 Å². The topological polar surface area (TPSA) is 60.6 Å². The van der Waals surface area contributed by atoms with Crippen LogP contribution >= 0.6 is 0 Å². The van der Waals surface area contributed by atoms with Crippen LogP contribution in [0.25, 0.3) is 0 Å². The minimum Gasteiger partial charge on any atom is -0.493 e. The van der Waals surface area contributed by atoms with Gasteiger partial charge in [0.15, 0.2) is 11.5 Å². The van der Waals surface area contributed by atoms with Crippen LogP contribution in [0.15, 0.2) is 30.6 Å². The Hall–Kier alpha value is -2.43. The molecule has 0 atom stereocenters. The number of benzene rings is 1. The van der Waals surface area contributed by atoms with Crippen LogP contribution in [0, 0.1) is 0 Å². The number of hydrogen-bond donors (Lipinski definition) is 1. The van der Waals surface area contributed by atoms with Crippen LogP contribution in [-0.4, -0.2) is 25.7 Å². The Kier molecular flexibility index (Phi) is 3.56. The van der Waals surface area contributed by atoms with E-state index >= 15 is 0 Å². The highest BCUT2D eigenvalue weighted by molar-refractivity contribution is 5.67. The zero-order valence-corrected chi connectivity index (χ0v) is 12.3. The van der Waals surface area contributed by atoms with Gasteiger partial charge in [-0.3, -0.25) is 4.98 Å². The van der Waals surface area contributed by atoms with Gasteiger partial charge in [0.25, 0.3) is 0 Å². The number of nitrogen functional groups attached to an aromatic ring is 1. The number of methoxy groups -OCH3 is 2. The Balaban J connectivity index is 1.93. The molecule has 1 aromatic carbocycles. The minimum atomic E-state index is 0.710. The molecule has 5 nitrogen and oxygen atoms in total. The van der Waals surface area contributed by atoms with Gasteiger partial charge in [-0.2, -0.15) is 0 Å². The fourth-order valence-corrected chi connectivity index (χ4v) is 2.78. The summed E-state index contributed by atoms with van der Waals surface area (Å²) < 4.78 is 10.8. The lowest BCUT2D eigenvalue weighted by Crippen LogP contribution is -2.31. The van der Waals surface area contributed by atoms with Gasteiger partial charge in [-0.25, -0.2) is 0 Å². The molecule has 3 rings (SSSR count). The predicted octanol–water partition coefficient (Wildman–Crippen LogP) is 2.24. The van der Waals surface area contributed by atoms with Crippen molar-refractivity contribution in [3.63, 3.8) is 0 Å². The van der Waals surface area contributed by atoms with E-state index in [-0.39, 0.29) is 0 Å². The van der Waals surface area contributed by atoms with Gasteiger partial charge >= 0.3 is 0 Å². The third-order valence-corrected chi connectivity index (χ3v) is 3.89. The van der Waals surface area contributed by atoms with E-state index in [1.54, 1.807) is 26.6 Å². The van der Waals surface area contributed by atoms with Crippen molar-refractivity contribution in [3.8, 4) is 11.5 Å². The molecule has 2 aromatic rings. The van der Waals surface area contributed by atoms with Crippen molar-refractivity contribution in [1.82, 2.24) is 4.98 Å². The molecule has 0 radical (unpaired) electrons. The fraction of sp³-hybridized carbons (Fsp3) is 0.312. The van der Waals surface area contributed by atoms with Crippen LogP contribution in [0.2, 0.25) is 0 Å². The van der Waals surface area contributed by atoms with Gasteiger partial charge in [-0.05, 0) is 35.7 Å². The quantitative estimate of drug-likeness (QED) is 0.937. The smallest absolute Gasteiger partial charge is 0.161 e. The lowest BCUT2D eigenvalue weighted by Gasteiger charge is -2.32. The van der Waals surface area contributed by atoms with Crippen LogP contribution in [0.5, 0.6) is 11.5 Å². The number of rotatable bonds is 3. The molecule has 2 N–H and O–H groups in total. The lowest BCUT2D eigenvalue weighted by molar-refractivity contribution is 0.353. The van der Waals surface area contributed by atoms with Crippen LogP contribution in [-0.2, 0) is 13.0 Å². The van der Waals surface area contributed by atoms with Crippen LogP contribution in [0.4, 0.5) is 11.4 Å². The second-order valence-electron chi connectivity index (χ2n) is 5.08. The maximum absolute atomic E-state index is 6.02. The van der Waals surface area contributed by atoms with E-state index in [2.05, 4.69) is 22.0 Å². The molecule has 110 valence electrons. The Morgan fingerprint density at radius 2 is 1.86 bits per heavy atom. The fourth-order valence-electron chi connectivity index (χ4n) is 2.78. The normalized spacial score (nSPS) is 13.7. The second kappa shape index (κ2) is 5.52. The highest BCUT2D eigenvalue weighted by Gasteiger charge is 2.20. The van der Waals surface area contributed by atoms with Crippen molar-refractivity contribution in [2.24, 2.45) is 0 Å². The first-order chi connectivity index (χ1) is 10.2. The summed E-state index contributed by atoms with van der Waals surface area (Å²) in [7, 11) is 3.32. The van der Waals surface area contributed by atoms with Gasteiger partial charge < -0.3 is 20.1 Å². The molecule has 0 fully saturated rings. The van der Waals surface area contributed by atoms with E-state index in [0.717, 1.165) is 36.7 Å². The summed E-state index contributed by atoms with van der Waals surface area (Å²) in [6, 6.07) is 6.08. The van der Waals surface area contributed by atoms with E-state index in [4.69, 9.17) is 15.2 Å². The maximum Gasteiger partial charge on any atom is 0.161 e. The van der Waals surface area contributed by atoms with Gasteiger partial charge in [0.05, 0.1) is 31.8 Å². The van der Waals surface area contributed by atoms with Crippen molar-refractivity contribution in [2.75, 3.05) is 31.4 Å². The zero-order valence-electron chi connectivity index (χ0n) is 12.3. The Morgan fingerprint density at radius 1 is 1.14 bits per heavy atom. The summed E-state index contributed by atoms with van der Waals surface area (Å²) in [5, 5.41) is 0. The molecular weight excluding hydrogens is 266 g/mol. The third kappa shape index (κ3) is 2.46. The molecule has 0 bridgehead atoms. The van der Waals surface area contributed by atoms with Crippen molar-refractivity contribution >= 4 is 11.4 Å². The summed E-state index contributed by atoms with van der Waals surface area (Å²) in [5.41, 5.74) is 10.3. The number of hydrogen-bond acceptors (Lipinski definition) is 5. The summed E-state index contributed by atoms with van der Waals surface area (Å²) in [6.45, 7) is 1.74. The van der Waals surface area contributed by atoms with E-state index in [9.17, 15) is 0 Å². The summed E-state index contributed by atoms with van der Waals surface area (Å²) in [6.07, 6.45) is 4.42. The first kappa shape index (κ1) is 13.5. The standard InChI is InChI=1S/C16H19N3O2/c1-20-15-7-11-4-6-19(10-12(11)8-16(15)21-2)14-3-5-18-9-13(14)17/h3,5,7-9H,4,6,10,17H2,1-2H3. The molecule has 21 heavy (non-hydrogen) atoms. The largest absolute Gasteiger partial charge is 0.493 e. The number of nitrogens with zero attached hydrogens (tertiary/aromatic N) is 2. The molecule has 0 unspecified atom stereocenters. The predicted molar refractivity (Wildman–Crippen MR) is 82.9 cm³/mol. The van der Waals surface area contributed by atoms with Crippen molar-refractivity contribution < 1.29 is 9.47 Å². The Morgan fingerprint density at radius 3 is 2.52 bits per heavy atom. The number of ether oxygens (including phenoxy) is 2. The molecule has 1 aliphatic heterocycles. The van der Waals surface area contributed by atoms with Gasteiger partial charge in [-0.15, -0.1) is 0 Å². The summed E-state index contributed by atoms with van der Waals surface area (Å²) in [4.78, 5) is 6.32. The minimum absolute atomic E-state index is 0.710. The highest BCUT2D eigenvalue weighted by atomic mass is 16.5. The molecule has 0 saturated heterocycles. The molecule has 0 saturated carbocycles. The summed E-state index contributed by atoms with van der Waals surface area (Å²) in [5.74, 6) is 1.55. The number of pyridine rings is 1. The SMILES string of the molecule is COc1cc2c(cc1OC)CN(c1ccncc1N)CC2. The third-order valence-electron chi connectivity index (χ3n) is 3.89. The van der Waals surface area contributed by atoms with Crippen LogP contribution in [0.1, 0.15) is 11.1 Å². The van der Waals surface area contributed by atoms with Crippen LogP contribution < -0.4 is 20.1 Å². The molecular formula is C16H19N3O2. The molecule has 1 aliphatic rings. The highest BCUT2D eigenvalue weighted by Crippen LogP contribution is 2.35. The molecule has 2 heterocycles. The van der Waals surface area contributed by atoms with Gasteiger partial charge in [0, 0.05) is 19.3 Å². The lowest BCUT2D eigenvalue weighted by atomic mass is 9.98. The van der Waals surface area contributed by atoms with Crippen molar-refractivity contribution in [1.29, 1.82) is 0 Å². The van der Waals surface area contributed by atoms with Gasteiger partial charge in [-0.1, -0.05) is 0 Å². The number of fused-ring (bicyclic) bond motifs is 1. The Labute approximate surface area is 124 Å². The van der Waals surface area contributed by atoms with E-state index in [0.29, 0.717) is 5.69 Å². The first-order valence-corrected chi connectivity index (χ1v) is 6.91. The monoisotopic (exact) mass is 285 g/mol. The molecule has 0 spiro atoms. The number of aromatic nitrogens is 1. The average Bonchev–Trinajstić information content (AvgIpc) is 2.53. The average molecular weight is 285 g/mol. The Bertz CT molecular complexity index is 658. The summed E-state index contributed by atoms with van der Waals surface area (Å²) >= 11 is 0. The van der Waals surface area contributed by atoms with Crippen LogP contribution in [0.3, 0.4) is 0 Å². The van der Waals surface area contributed by atoms with E-state index in [1.807, 2.05) is 6.07 Å². The second-order valence-corrected chi connectivity index (χ2v) is 5.08. The number of nitrogens with two attached hydrogens (primary N) is 1. The maximum atomic E-state index is 6.02.